The molecule has 314 valence electrons. The Morgan fingerprint density at radius 2 is 0.623 bits per heavy atom. The minimum atomic E-state index is -0.758. The average Bonchev–Trinajstić information content (AvgIpc) is 3.14. The molecule has 0 saturated heterocycles. The number of ether oxygens (including phenoxy) is 3. The summed E-state index contributed by atoms with van der Waals surface area (Å²) in [6.45, 7) is 8.93. The molecular weight excluding hydrogens is 661 g/mol. The van der Waals surface area contributed by atoms with Crippen LogP contribution in [-0.4, -0.2) is 37.2 Å². The van der Waals surface area contributed by atoms with Crippen molar-refractivity contribution in [2.45, 2.75) is 265 Å². The van der Waals surface area contributed by atoms with Crippen LogP contribution in [0.1, 0.15) is 259 Å². The first kappa shape index (κ1) is 51.4. The fourth-order valence-corrected chi connectivity index (χ4v) is 6.98. The van der Waals surface area contributed by atoms with Gasteiger partial charge in [-0.25, -0.2) is 0 Å². The molecule has 0 amide bonds. The lowest BCUT2D eigenvalue weighted by Crippen LogP contribution is -2.30. The smallest absolute Gasteiger partial charge is 0.306 e. The summed E-state index contributed by atoms with van der Waals surface area (Å²) in [6.07, 6.45) is 41.1. The second-order valence-electron chi connectivity index (χ2n) is 16.5. The fourth-order valence-electron chi connectivity index (χ4n) is 6.98. The number of hydrogen-bond donors (Lipinski definition) is 0. The van der Waals surface area contributed by atoms with E-state index >= 15 is 0 Å². The molecule has 6 nitrogen and oxygen atoms in total. The predicted octanol–water partition coefficient (Wildman–Crippen LogP) is 14.7. The standard InChI is InChI=1S/C47H90O6/c1-5-7-9-11-13-14-15-16-17-18-19-20-21-22-27-30-34-38-45(48)51-41-44(53-47(50)40-36-32-25-12-10-8-6-2)42-52-46(49)39-35-31-28-24-23-26-29-33-37-43(3)4/h43-44H,5-42H2,1-4H3/t44-/m1/s1. The van der Waals surface area contributed by atoms with Crippen molar-refractivity contribution in [3.8, 4) is 0 Å². The van der Waals surface area contributed by atoms with Crippen LogP contribution in [0.5, 0.6) is 0 Å². The molecule has 0 unspecified atom stereocenters. The van der Waals surface area contributed by atoms with Crippen LogP contribution < -0.4 is 0 Å². The number of carbonyl (C=O) groups excluding carboxylic acids is 3. The van der Waals surface area contributed by atoms with Gasteiger partial charge in [0.25, 0.3) is 0 Å². The molecule has 0 aliphatic heterocycles. The van der Waals surface area contributed by atoms with Gasteiger partial charge in [-0.1, -0.05) is 220 Å². The summed E-state index contributed by atoms with van der Waals surface area (Å²) in [5, 5.41) is 0. The lowest BCUT2D eigenvalue weighted by atomic mass is 10.0. The SMILES string of the molecule is CCCCCCCCCCCCCCCCCCCC(=O)OC[C@H](COC(=O)CCCCCCCCCCC(C)C)OC(=O)CCCCCCCCC. The minimum Gasteiger partial charge on any atom is -0.462 e. The minimum absolute atomic E-state index is 0.0645. The summed E-state index contributed by atoms with van der Waals surface area (Å²) in [5.41, 5.74) is 0. The highest BCUT2D eigenvalue weighted by molar-refractivity contribution is 5.71. The van der Waals surface area contributed by atoms with Crippen molar-refractivity contribution in [2.75, 3.05) is 13.2 Å². The monoisotopic (exact) mass is 751 g/mol. The first-order chi connectivity index (χ1) is 25.9. The van der Waals surface area contributed by atoms with Crippen LogP contribution in [0.4, 0.5) is 0 Å². The van der Waals surface area contributed by atoms with E-state index in [0.29, 0.717) is 19.3 Å². The van der Waals surface area contributed by atoms with Crippen molar-refractivity contribution in [3.63, 3.8) is 0 Å². The normalized spacial score (nSPS) is 11.9. The van der Waals surface area contributed by atoms with E-state index in [-0.39, 0.29) is 31.1 Å². The van der Waals surface area contributed by atoms with E-state index in [2.05, 4.69) is 27.7 Å². The summed E-state index contributed by atoms with van der Waals surface area (Å²) in [5.74, 6) is -0.0645. The maximum atomic E-state index is 12.6. The molecule has 0 rings (SSSR count). The molecule has 0 heterocycles. The number of unbranched alkanes of at least 4 members (excludes halogenated alkanes) is 29. The lowest BCUT2D eigenvalue weighted by molar-refractivity contribution is -0.167. The molecular formula is C47H90O6. The molecule has 0 fully saturated rings. The van der Waals surface area contributed by atoms with Gasteiger partial charge in [0.1, 0.15) is 13.2 Å². The Kier molecular flexibility index (Phi) is 40.3. The zero-order chi connectivity index (χ0) is 38.9. The second kappa shape index (κ2) is 41.6. The van der Waals surface area contributed by atoms with E-state index in [1.165, 1.54) is 154 Å². The second-order valence-corrected chi connectivity index (χ2v) is 16.5. The highest BCUT2D eigenvalue weighted by Gasteiger charge is 2.19. The molecule has 6 heteroatoms. The van der Waals surface area contributed by atoms with Gasteiger partial charge in [0.2, 0.25) is 0 Å². The summed E-state index contributed by atoms with van der Waals surface area (Å²) < 4.78 is 16.7. The fraction of sp³-hybridized carbons (Fsp3) is 0.936. The van der Waals surface area contributed by atoms with Crippen molar-refractivity contribution in [1.82, 2.24) is 0 Å². The highest BCUT2D eigenvalue weighted by Crippen LogP contribution is 2.16. The van der Waals surface area contributed by atoms with Gasteiger partial charge in [-0.05, 0) is 25.2 Å². The molecule has 0 N–H and O–H groups in total. The summed E-state index contributed by atoms with van der Waals surface area (Å²) in [4.78, 5) is 37.6. The quantitative estimate of drug-likeness (QED) is 0.0351. The Morgan fingerprint density at radius 3 is 0.925 bits per heavy atom. The van der Waals surface area contributed by atoms with Crippen molar-refractivity contribution in [2.24, 2.45) is 5.92 Å². The highest BCUT2D eigenvalue weighted by atomic mass is 16.6. The van der Waals surface area contributed by atoms with Gasteiger partial charge in [0, 0.05) is 19.3 Å². The van der Waals surface area contributed by atoms with E-state index in [1.54, 1.807) is 0 Å². The van der Waals surface area contributed by atoms with Crippen LogP contribution in [0.2, 0.25) is 0 Å². The third-order valence-corrected chi connectivity index (χ3v) is 10.5. The number of esters is 3. The zero-order valence-corrected chi connectivity index (χ0v) is 36.0. The van der Waals surface area contributed by atoms with Gasteiger partial charge in [0.15, 0.2) is 6.10 Å². The molecule has 0 aliphatic rings. The number of carbonyl (C=O) groups is 3. The maximum Gasteiger partial charge on any atom is 0.306 e. The van der Waals surface area contributed by atoms with E-state index < -0.39 is 6.10 Å². The van der Waals surface area contributed by atoms with Crippen LogP contribution in [-0.2, 0) is 28.6 Å². The molecule has 0 spiro atoms. The van der Waals surface area contributed by atoms with Crippen LogP contribution in [0.3, 0.4) is 0 Å². The lowest BCUT2D eigenvalue weighted by Gasteiger charge is -2.18. The molecule has 0 aromatic rings. The van der Waals surface area contributed by atoms with Crippen molar-refractivity contribution >= 4 is 17.9 Å². The molecule has 0 aliphatic carbocycles. The molecule has 1 atom stereocenters. The zero-order valence-electron chi connectivity index (χ0n) is 36.0. The molecule has 53 heavy (non-hydrogen) atoms. The van der Waals surface area contributed by atoms with E-state index in [1.807, 2.05) is 0 Å². The van der Waals surface area contributed by atoms with E-state index in [9.17, 15) is 14.4 Å². The first-order valence-electron chi connectivity index (χ1n) is 23.4. The van der Waals surface area contributed by atoms with Crippen LogP contribution in [0.25, 0.3) is 0 Å². The van der Waals surface area contributed by atoms with Gasteiger partial charge in [-0.15, -0.1) is 0 Å². The average molecular weight is 751 g/mol. The van der Waals surface area contributed by atoms with Gasteiger partial charge in [-0.3, -0.25) is 14.4 Å². The van der Waals surface area contributed by atoms with Gasteiger partial charge in [0.05, 0.1) is 0 Å². The summed E-state index contributed by atoms with van der Waals surface area (Å²) in [6, 6.07) is 0. The Hall–Kier alpha value is -1.59. The Labute approximate surface area is 329 Å². The summed E-state index contributed by atoms with van der Waals surface area (Å²) in [7, 11) is 0. The van der Waals surface area contributed by atoms with Gasteiger partial charge >= 0.3 is 17.9 Å². The van der Waals surface area contributed by atoms with Gasteiger partial charge < -0.3 is 14.2 Å². The van der Waals surface area contributed by atoms with Gasteiger partial charge in [-0.2, -0.15) is 0 Å². The third kappa shape index (κ3) is 41.4. The predicted molar refractivity (Wildman–Crippen MR) is 224 cm³/mol. The van der Waals surface area contributed by atoms with Crippen molar-refractivity contribution in [3.05, 3.63) is 0 Å². The van der Waals surface area contributed by atoms with Crippen molar-refractivity contribution < 1.29 is 28.6 Å². The molecule has 0 aromatic heterocycles. The van der Waals surface area contributed by atoms with E-state index in [0.717, 1.165) is 63.7 Å². The van der Waals surface area contributed by atoms with Crippen LogP contribution in [0, 0.1) is 5.92 Å². The first-order valence-corrected chi connectivity index (χ1v) is 23.4. The van der Waals surface area contributed by atoms with Crippen LogP contribution in [0.15, 0.2) is 0 Å². The largest absolute Gasteiger partial charge is 0.462 e. The number of hydrogen-bond acceptors (Lipinski definition) is 6. The molecule has 0 radical (unpaired) electrons. The van der Waals surface area contributed by atoms with Crippen LogP contribution >= 0.6 is 0 Å². The maximum absolute atomic E-state index is 12.6. The van der Waals surface area contributed by atoms with Crippen molar-refractivity contribution in [1.29, 1.82) is 0 Å². The Balaban J connectivity index is 4.18. The third-order valence-electron chi connectivity index (χ3n) is 10.5. The number of rotatable bonds is 42. The molecule has 0 aromatic carbocycles. The Bertz CT molecular complexity index is 796. The topological polar surface area (TPSA) is 78.9 Å². The van der Waals surface area contributed by atoms with E-state index in [4.69, 9.17) is 14.2 Å². The molecule has 0 bridgehead atoms. The summed E-state index contributed by atoms with van der Waals surface area (Å²) >= 11 is 0. The molecule has 0 saturated carbocycles. The Morgan fingerprint density at radius 1 is 0.358 bits per heavy atom.